The largest absolute Gasteiger partial charge is 0.505 e. The lowest BCUT2D eigenvalue weighted by molar-refractivity contribution is 0.0951. The van der Waals surface area contributed by atoms with Crippen LogP contribution in [0.2, 0.25) is 15.1 Å². The molecule has 0 aliphatic rings. The van der Waals surface area contributed by atoms with Gasteiger partial charge in [-0.2, -0.15) is 0 Å². The molecule has 2 aromatic carbocycles. The smallest absolute Gasteiger partial charge is 0.256 e. The fraction of sp³-hybridized carbons (Fsp3) is 0.188. The van der Waals surface area contributed by atoms with Gasteiger partial charge in [0.1, 0.15) is 17.1 Å². The van der Waals surface area contributed by atoms with Crippen molar-refractivity contribution in [3.8, 4) is 11.5 Å². The highest BCUT2D eigenvalue weighted by molar-refractivity contribution is 6.45. The van der Waals surface area contributed by atoms with Crippen LogP contribution in [0, 0.1) is 0 Å². The highest BCUT2D eigenvalue weighted by atomic mass is 35.5. The molecule has 2 rings (SSSR count). The molecule has 0 spiro atoms. The number of ether oxygens (including phenoxy) is 1. The molecule has 0 aliphatic carbocycles. The van der Waals surface area contributed by atoms with Gasteiger partial charge >= 0.3 is 0 Å². The number of halogens is 3. The average molecular weight is 375 g/mol. The molecule has 0 bridgehead atoms. The van der Waals surface area contributed by atoms with Crippen LogP contribution in [0.25, 0.3) is 0 Å². The molecule has 2 aromatic rings. The van der Waals surface area contributed by atoms with Crippen LogP contribution in [0.15, 0.2) is 30.3 Å². The number of rotatable bonds is 5. The normalized spacial score (nSPS) is 10.4. The zero-order valence-corrected chi connectivity index (χ0v) is 14.5. The van der Waals surface area contributed by atoms with E-state index in [1.165, 1.54) is 6.07 Å². The second-order valence-corrected chi connectivity index (χ2v) is 5.89. The highest BCUT2D eigenvalue weighted by Crippen LogP contribution is 2.38. The van der Waals surface area contributed by atoms with Gasteiger partial charge in [0.25, 0.3) is 5.91 Å². The molecule has 0 unspecified atom stereocenters. The third-order valence-corrected chi connectivity index (χ3v) is 4.32. The second-order valence-electron chi connectivity index (χ2n) is 4.70. The lowest BCUT2D eigenvalue weighted by atomic mass is 10.1. The van der Waals surface area contributed by atoms with Crippen LogP contribution in [0.3, 0.4) is 0 Å². The minimum atomic E-state index is -0.549. The molecule has 1 amide bonds. The second kappa shape index (κ2) is 7.77. The number of hydrogen-bond acceptors (Lipinski definition) is 3. The molecule has 0 aliphatic heterocycles. The molecule has 0 fully saturated rings. The van der Waals surface area contributed by atoms with Crippen LogP contribution < -0.4 is 10.1 Å². The van der Waals surface area contributed by atoms with Gasteiger partial charge in [-0.3, -0.25) is 4.79 Å². The lowest BCUT2D eigenvalue weighted by Gasteiger charge is -2.12. The summed E-state index contributed by atoms with van der Waals surface area (Å²) in [7, 11) is 1.59. The first kappa shape index (κ1) is 17.7. The molecule has 0 saturated carbocycles. The van der Waals surface area contributed by atoms with Crippen LogP contribution >= 0.6 is 34.8 Å². The fourth-order valence-corrected chi connectivity index (χ4v) is 2.79. The van der Waals surface area contributed by atoms with E-state index < -0.39 is 11.7 Å². The molecular weight excluding hydrogens is 361 g/mol. The minimum Gasteiger partial charge on any atom is -0.505 e. The van der Waals surface area contributed by atoms with Crippen molar-refractivity contribution in [2.45, 2.75) is 6.42 Å². The van der Waals surface area contributed by atoms with Crippen molar-refractivity contribution in [1.82, 2.24) is 5.32 Å². The number of amides is 1. The molecule has 122 valence electrons. The predicted molar refractivity (Wildman–Crippen MR) is 92.2 cm³/mol. The van der Waals surface area contributed by atoms with E-state index in [4.69, 9.17) is 39.5 Å². The Hall–Kier alpha value is -1.62. The molecule has 23 heavy (non-hydrogen) atoms. The summed E-state index contributed by atoms with van der Waals surface area (Å²) in [6.07, 6.45) is 0.558. The van der Waals surface area contributed by atoms with Gasteiger partial charge in [0, 0.05) is 6.54 Å². The van der Waals surface area contributed by atoms with Gasteiger partial charge in [0.2, 0.25) is 0 Å². The molecule has 2 N–H and O–H groups in total. The summed E-state index contributed by atoms with van der Waals surface area (Å²) >= 11 is 17.7. The first-order chi connectivity index (χ1) is 11.0. The van der Waals surface area contributed by atoms with Crippen LogP contribution in [0.5, 0.6) is 11.5 Å². The van der Waals surface area contributed by atoms with E-state index in [0.717, 1.165) is 11.3 Å². The molecule has 0 atom stereocenters. The van der Waals surface area contributed by atoms with Gasteiger partial charge in [-0.25, -0.2) is 0 Å². The Morgan fingerprint density at radius 2 is 1.91 bits per heavy atom. The quantitative estimate of drug-likeness (QED) is 0.766. The molecule has 0 aromatic heterocycles. The maximum Gasteiger partial charge on any atom is 0.256 e. The van der Waals surface area contributed by atoms with Gasteiger partial charge in [0.05, 0.1) is 22.2 Å². The Labute approximate surface area is 148 Å². The van der Waals surface area contributed by atoms with Crippen molar-refractivity contribution in [2.24, 2.45) is 0 Å². The Kier molecular flexibility index (Phi) is 5.99. The lowest BCUT2D eigenvalue weighted by Crippen LogP contribution is -2.26. The van der Waals surface area contributed by atoms with E-state index in [0.29, 0.717) is 13.0 Å². The third-order valence-electron chi connectivity index (χ3n) is 3.25. The van der Waals surface area contributed by atoms with E-state index >= 15 is 0 Å². The molecule has 0 saturated heterocycles. The number of benzene rings is 2. The van der Waals surface area contributed by atoms with Gasteiger partial charge in [-0.1, -0.05) is 53.0 Å². The summed E-state index contributed by atoms with van der Waals surface area (Å²) in [5, 5.41) is 12.6. The summed E-state index contributed by atoms with van der Waals surface area (Å²) in [5.74, 6) is -0.198. The van der Waals surface area contributed by atoms with Crippen molar-refractivity contribution in [3.05, 3.63) is 56.5 Å². The molecular formula is C16H14Cl3NO3. The summed E-state index contributed by atoms with van der Waals surface area (Å²) in [6.45, 7) is 0.332. The van der Waals surface area contributed by atoms with Gasteiger partial charge in [-0.05, 0) is 24.1 Å². The highest BCUT2D eigenvalue weighted by Gasteiger charge is 2.20. The first-order valence-electron chi connectivity index (χ1n) is 6.72. The van der Waals surface area contributed by atoms with E-state index in [2.05, 4.69) is 5.32 Å². The number of hydrogen-bond donors (Lipinski definition) is 2. The summed E-state index contributed by atoms with van der Waals surface area (Å²) in [4.78, 5) is 12.2. The topological polar surface area (TPSA) is 58.6 Å². The molecule has 4 nitrogen and oxygen atoms in total. The van der Waals surface area contributed by atoms with Crippen molar-refractivity contribution in [2.75, 3.05) is 13.7 Å². The van der Waals surface area contributed by atoms with E-state index in [9.17, 15) is 9.90 Å². The van der Waals surface area contributed by atoms with E-state index in [1.54, 1.807) is 7.11 Å². The molecule has 0 radical (unpaired) electrons. The van der Waals surface area contributed by atoms with E-state index in [-0.39, 0.29) is 20.6 Å². The van der Waals surface area contributed by atoms with Crippen molar-refractivity contribution in [3.63, 3.8) is 0 Å². The fourth-order valence-electron chi connectivity index (χ4n) is 2.10. The number of carbonyl (C=O) groups excluding carboxylic acids is 1. The Morgan fingerprint density at radius 3 is 2.61 bits per heavy atom. The van der Waals surface area contributed by atoms with Crippen LogP contribution in [0.1, 0.15) is 15.9 Å². The van der Waals surface area contributed by atoms with Gasteiger partial charge in [0.15, 0.2) is 0 Å². The number of nitrogens with one attached hydrogen (secondary N) is 1. The van der Waals surface area contributed by atoms with Crippen LogP contribution in [-0.2, 0) is 6.42 Å². The summed E-state index contributed by atoms with van der Waals surface area (Å²) < 4.78 is 5.25. The Morgan fingerprint density at radius 1 is 1.22 bits per heavy atom. The van der Waals surface area contributed by atoms with Gasteiger partial charge in [-0.15, -0.1) is 0 Å². The molecule has 0 heterocycles. The van der Waals surface area contributed by atoms with Crippen LogP contribution in [0.4, 0.5) is 0 Å². The SMILES string of the molecule is COc1ccccc1CCNC(=O)c1c(O)c(Cl)cc(Cl)c1Cl. The van der Waals surface area contributed by atoms with E-state index in [1.807, 2.05) is 24.3 Å². The zero-order valence-electron chi connectivity index (χ0n) is 12.2. The summed E-state index contributed by atoms with van der Waals surface area (Å²) in [5.41, 5.74) is 0.818. The number of phenolic OH excluding ortho intramolecular Hbond substituents is 1. The number of methoxy groups -OCH3 is 1. The maximum absolute atomic E-state index is 12.2. The maximum atomic E-state index is 12.2. The number of aromatic hydroxyl groups is 1. The monoisotopic (exact) mass is 373 g/mol. The van der Waals surface area contributed by atoms with Crippen molar-refractivity contribution in [1.29, 1.82) is 0 Å². The van der Waals surface area contributed by atoms with Crippen molar-refractivity contribution < 1.29 is 14.6 Å². The number of carbonyl (C=O) groups is 1. The summed E-state index contributed by atoms with van der Waals surface area (Å²) in [6, 6.07) is 8.79. The van der Waals surface area contributed by atoms with Crippen LogP contribution in [-0.4, -0.2) is 24.7 Å². The molecule has 7 heteroatoms. The Bertz CT molecular complexity index is 709. The minimum absolute atomic E-state index is 0.0331. The predicted octanol–water partition coefficient (Wildman–Crippen LogP) is 4.33. The first-order valence-corrected chi connectivity index (χ1v) is 7.85. The number of para-hydroxylation sites is 1. The third kappa shape index (κ3) is 4.02. The standard InChI is InChI=1S/C16H14Cl3NO3/c1-23-12-5-3-2-4-9(12)6-7-20-16(22)13-14(19)10(17)8-11(18)15(13)21/h2-5,8,21H,6-7H2,1H3,(H,20,22). The zero-order chi connectivity index (χ0) is 17.0. The Balaban J connectivity index is 2.09. The number of phenols is 1. The van der Waals surface area contributed by atoms with Gasteiger partial charge < -0.3 is 15.2 Å². The average Bonchev–Trinajstić information content (AvgIpc) is 2.53. The van der Waals surface area contributed by atoms with Crippen molar-refractivity contribution >= 4 is 40.7 Å².